The Hall–Kier alpha value is -2.56. The molecular weight excluding hydrogens is 270 g/mol. The number of furan rings is 1. The van der Waals surface area contributed by atoms with Crippen molar-refractivity contribution in [2.24, 2.45) is 0 Å². The summed E-state index contributed by atoms with van der Waals surface area (Å²) < 4.78 is 5.30. The molecule has 2 aromatic rings. The number of carboxylic acid groups (broad SMARTS) is 1. The van der Waals surface area contributed by atoms with Gasteiger partial charge in [-0.25, -0.2) is 4.79 Å². The smallest absolute Gasteiger partial charge is 0.335 e. The molecule has 1 atom stereocenters. The summed E-state index contributed by atoms with van der Waals surface area (Å²) in [7, 11) is 1.66. The van der Waals surface area contributed by atoms with Crippen LogP contribution < -0.4 is 0 Å². The van der Waals surface area contributed by atoms with Gasteiger partial charge in [0.25, 0.3) is 5.91 Å². The summed E-state index contributed by atoms with van der Waals surface area (Å²) in [6, 6.07) is 7.94. The van der Waals surface area contributed by atoms with Gasteiger partial charge in [-0.1, -0.05) is 0 Å². The minimum absolute atomic E-state index is 0.109. The van der Waals surface area contributed by atoms with Crippen LogP contribution >= 0.6 is 0 Å². The SMILES string of the molecule is Cc1cc(C(=O)O)cc(C(=O)N(C)C(C)c2ccco2)c1. The van der Waals surface area contributed by atoms with E-state index >= 15 is 0 Å². The molecule has 0 aliphatic carbocycles. The first kappa shape index (κ1) is 14.8. The summed E-state index contributed by atoms with van der Waals surface area (Å²) in [4.78, 5) is 25.1. The van der Waals surface area contributed by atoms with Crippen LogP contribution in [0.3, 0.4) is 0 Å². The van der Waals surface area contributed by atoms with Crippen LogP contribution in [0.4, 0.5) is 0 Å². The summed E-state index contributed by atoms with van der Waals surface area (Å²) in [5.74, 6) is -0.614. The first-order valence-electron chi connectivity index (χ1n) is 6.55. The van der Waals surface area contributed by atoms with Crippen LogP contribution in [0.5, 0.6) is 0 Å². The molecule has 0 fully saturated rings. The molecule has 5 nitrogen and oxygen atoms in total. The Morgan fingerprint density at radius 2 is 1.90 bits per heavy atom. The van der Waals surface area contributed by atoms with Gasteiger partial charge < -0.3 is 14.4 Å². The Labute approximate surface area is 122 Å². The first-order chi connectivity index (χ1) is 9.90. The monoisotopic (exact) mass is 287 g/mol. The molecule has 1 amide bonds. The van der Waals surface area contributed by atoms with Crippen LogP contribution in [-0.4, -0.2) is 28.9 Å². The molecule has 1 aromatic heterocycles. The third-order valence-electron chi connectivity index (χ3n) is 3.43. The molecule has 0 saturated carbocycles. The van der Waals surface area contributed by atoms with Gasteiger partial charge in [0.05, 0.1) is 17.9 Å². The van der Waals surface area contributed by atoms with Gasteiger partial charge in [0.2, 0.25) is 0 Å². The predicted octanol–water partition coefficient (Wildman–Crippen LogP) is 3.12. The lowest BCUT2D eigenvalue weighted by Crippen LogP contribution is -2.29. The van der Waals surface area contributed by atoms with Crippen LogP contribution in [0, 0.1) is 6.92 Å². The van der Waals surface area contributed by atoms with Crippen molar-refractivity contribution in [2.45, 2.75) is 19.9 Å². The number of amides is 1. The average molecular weight is 287 g/mol. The quantitative estimate of drug-likeness (QED) is 0.937. The summed E-state index contributed by atoms with van der Waals surface area (Å²) >= 11 is 0. The fourth-order valence-electron chi connectivity index (χ4n) is 2.13. The number of carboxylic acids is 1. The molecule has 5 heteroatoms. The van der Waals surface area contributed by atoms with E-state index in [2.05, 4.69) is 0 Å². The minimum Gasteiger partial charge on any atom is -0.478 e. The first-order valence-corrected chi connectivity index (χ1v) is 6.55. The number of benzene rings is 1. The van der Waals surface area contributed by atoms with Crippen molar-refractivity contribution in [3.8, 4) is 0 Å². The van der Waals surface area contributed by atoms with E-state index < -0.39 is 5.97 Å². The third-order valence-corrected chi connectivity index (χ3v) is 3.43. The predicted molar refractivity (Wildman–Crippen MR) is 77.4 cm³/mol. The fourth-order valence-corrected chi connectivity index (χ4v) is 2.13. The maximum Gasteiger partial charge on any atom is 0.335 e. The van der Waals surface area contributed by atoms with Gasteiger partial charge in [-0.3, -0.25) is 4.79 Å². The second kappa shape index (κ2) is 5.83. The number of nitrogens with zero attached hydrogens (tertiary/aromatic N) is 1. The Balaban J connectivity index is 2.29. The maximum absolute atomic E-state index is 12.5. The number of hydrogen-bond donors (Lipinski definition) is 1. The molecule has 0 saturated heterocycles. The number of carbonyl (C=O) groups excluding carboxylic acids is 1. The highest BCUT2D eigenvalue weighted by molar-refractivity contribution is 5.97. The van der Waals surface area contributed by atoms with E-state index in [1.807, 2.05) is 6.92 Å². The number of hydrogen-bond acceptors (Lipinski definition) is 3. The van der Waals surface area contributed by atoms with E-state index in [0.29, 0.717) is 11.3 Å². The van der Waals surface area contributed by atoms with Crippen molar-refractivity contribution in [3.63, 3.8) is 0 Å². The zero-order chi connectivity index (χ0) is 15.6. The van der Waals surface area contributed by atoms with Gasteiger partial charge in [0.15, 0.2) is 0 Å². The zero-order valence-electron chi connectivity index (χ0n) is 12.2. The molecule has 1 heterocycles. The molecule has 0 radical (unpaired) electrons. The maximum atomic E-state index is 12.5. The van der Waals surface area contributed by atoms with Gasteiger partial charge in [-0.15, -0.1) is 0 Å². The lowest BCUT2D eigenvalue weighted by atomic mass is 10.0. The fraction of sp³-hybridized carbons (Fsp3) is 0.250. The molecule has 0 aliphatic rings. The summed E-state index contributed by atoms with van der Waals surface area (Å²) in [6.07, 6.45) is 1.55. The Kier molecular flexibility index (Phi) is 4.12. The standard InChI is InChI=1S/C16H17NO4/c1-10-7-12(9-13(8-10)16(19)20)15(18)17(3)11(2)14-5-4-6-21-14/h4-9,11H,1-3H3,(H,19,20). The van der Waals surface area contributed by atoms with Crippen molar-refractivity contribution in [1.29, 1.82) is 0 Å². The van der Waals surface area contributed by atoms with E-state index in [1.54, 1.807) is 38.4 Å². The van der Waals surface area contributed by atoms with E-state index in [4.69, 9.17) is 9.52 Å². The number of carbonyl (C=O) groups is 2. The lowest BCUT2D eigenvalue weighted by Gasteiger charge is -2.23. The Morgan fingerprint density at radius 1 is 1.24 bits per heavy atom. The molecule has 110 valence electrons. The summed E-state index contributed by atoms with van der Waals surface area (Å²) in [6.45, 7) is 3.61. The molecule has 0 aliphatic heterocycles. The van der Waals surface area contributed by atoms with Crippen molar-refractivity contribution in [1.82, 2.24) is 4.90 Å². The van der Waals surface area contributed by atoms with Gasteiger partial charge in [0.1, 0.15) is 5.76 Å². The minimum atomic E-state index is -1.05. The summed E-state index contributed by atoms with van der Waals surface area (Å²) in [5.41, 5.74) is 1.20. The number of rotatable bonds is 4. The highest BCUT2D eigenvalue weighted by Crippen LogP contribution is 2.22. The highest BCUT2D eigenvalue weighted by atomic mass is 16.4. The lowest BCUT2D eigenvalue weighted by molar-refractivity contribution is 0.0696. The van der Waals surface area contributed by atoms with E-state index in [9.17, 15) is 9.59 Å². The summed E-state index contributed by atoms with van der Waals surface area (Å²) in [5, 5.41) is 9.07. The topological polar surface area (TPSA) is 70.8 Å². The second-order valence-corrected chi connectivity index (χ2v) is 5.00. The number of aryl methyl sites for hydroxylation is 1. The normalized spacial score (nSPS) is 12.0. The molecule has 0 spiro atoms. The van der Waals surface area contributed by atoms with Crippen LogP contribution in [0.15, 0.2) is 41.0 Å². The van der Waals surface area contributed by atoms with Gasteiger partial charge in [0, 0.05) is 12.6 Å². The van der Waals surface area contributed by atoms with E-state index in [-0.39, 0.29) is 17.5 Å². The van der Waals surface area contributed by atoms with Crippen LogP contribution in [0.2, 0.25) is 0 Å². The van der Waals surface area contributed by atoms with Gasteiger partial charge in [-0.05, 0) is 49.7 Å². The molecule has 0 bridgehead atoms. The number of aromatic carboxylic acids is 1. The third kappa shape index (κ3) is 3.13. The zero-order valence-corrected chi connectivity index (χ0v) is 12.2. The van der Waals surface area contributed by atoms with E-state index in [1.165, 1.54) is 17.0 Å². The van der Waals surface area contributed by atoms with Crippen molar-refractivity contribution < 1.29 is 19.1 Å². The largest absolute Gasteiger partial charge is 0.478 e. The van der Waals surface area contributed by atoms with E-state index in [0.717, 1.165) is 5.56 Å². The molecule has 1 unspecified atom stereocenters. The van der Waals surface area contributed by atoms with Crippen LogP contribution in [0.1, 0.15) is 45.0 Å². The Morgan fingerprint density at radius 3 is 2.48 bits per heavy atom. The van der Waals surface area contributed by atoms with Gasteiger partial charge >= 0.3 is 5.97 Å². The molecule has 1 aromatic carbocycles. The molecular formula is C16H17NO4. The Bertz CT molecular complexity index is 661. The van der Waals surface area contributed by atoms with Crippen molar-refractivity contribution in [3.05, 3.63) is 59.0 Å². The van der Waals surface area contributed by atoms with Crippen molar-refractivity contribution in [2.75, 3.05) is 7.05 Å². The van der Waals surface area contributed by atoms with Crippen molar-refractivity contribution >= 4 is 11.9 Å². The average Bonchev–Trinajstić information content (AvgIpc) is 2.98. The molecule has 21 heavy (non-hydrogen) atoms. The van der Waals surface area contributed by atoms with Crippen LogP contribution in [0.25, 0.3) is 0 Å². The second-order valence-electron chi connectivity index (χ2n) is 5.00. The molecule has 1 N–H and O–H groups in total. The molecule has 2 rings (SSSR count). The van der Waals surface area contributed by atoms with Crippen LogP contribution in [-0.2, 0) is 0 Å². The van der Waals surface area contributed by atoms with Gasteiger partial charge in [-0.2, -0.15) is 0 Å². The highest BCUT2D eigenvalue weighted by Gasteiger charge is 2.21.